The van der Waals surface area contributed by atoms with Crippen LogP contribution in [0.5, 0.6) is 5.75 Å². The molecule has 0 atom stereocenters. The number of hydrogen-bond donors (Lipinski definition) is 2. The minimum absolute atomic E-state index is 0.185. The molecule has 0 saturated carbocycles. The van der Waals surface area contributed by atoms with Crippen molar-refractivity contribution >= 4 is 28.3 Å². The quantitative estimate of drug-likeness (QED) is 0.885. The molecule has 20 heavy (non-hydrogen) atoms. The number of allylic oxidation sites excluding steroid dienone is 1. The molecule has 0 radical (unpaired) electrons. The zero-order valence-corrected chi connectivity index (χ0v) is 12.2. The molecule has 0 saturated heterocycles. The molecule has 1 aliphatic rings. The van der Waals surface area contributed by atoms with Gasteiger partial charge in [-0.3, -0.25) is 5.41 Å². The molecular formula is C16H17NO2S. The highest BCUT2D eigenvalue weighted by Crippen LogP contribution is 2.33. The van der Waals surface area contributed by atoms with Gasteiger partial charge in [0.15, 0.2) is 0 Å². The summed E-state index contributed by atoms with van der Waals surface area (Å²) in [5, 5.41) is 18.8. The third-order valence-electron chi connectivity index (χ3n) is 3.66. The molecule has 0 unspecified atom stereocenters. The molecular weight excluding hydrogens is 270 g/mol. The number of aryl methyl sites for hydroxylation is 1. The van der Waals surface area contributed by atoms with E-state index in [9.17, 15) is 5.11 Å². The Morgan fingerprint density at radius 3 is 2.90 bits per heavy atom. The van der Waals surface area contributed by atoms with Crippen LogP contribution in [0.4, 0.5) is 0 Å². The van der Waals surface area contributed by atoms with Gasteiger partial charge in [0, 0.05) is 11.3 Å². The molecule has 0 bridgehead atoms. The summed E-state index contributed by atoms with van der Waals surface area (Å²) in [6.07, 6.45) is 3.94. The van der Waals surface area contributed by atoms with Crippen molar-refractivity contribution in [1.82, 2.24) is 0 Å². The predicted molar refractivity (Wildman–Crippen MR) is 83.0 cm³/mol. The summed E-state index contributed by atoms with van der Waals surface area (Å²) in [5.41, 5.74) is 3.84. The fourth-order valence-corrected chi connectivity index (χ4v) is 3.34. The van der Waals surface area contributed by atoms with E-state index in [1.807, 2.05) is 36.9 Å². The normalized spacial score (nSPS) is 15.3. The van der Waals surface area contributed by atoms with Crippen LogP contribution in [0.2, 0.25) is 0 Å². The minimum Gasteiger partial charge on any atom is -0.507 e. The van der Waals surface area contributed by atoms with Gasteiger partial charge in [0.25, 0.3) is 0 Å². The lowest BCUT2D eigenvalue weighted by Crippen LogP contribution is -2.06. The van der Waals surface area contributed by atoms with Crippen LogP contribution in [0.25, 0.3) is 16.5 Å². The number of fused-ring (bicyclic) bond motifs is 1. The SMILES string of the molecule is CCc1cc2c(O)cc(C3=CCSCC3)cc2oc1=N. The Hall–Kier alpha value is -1.68. The zero-order valence-electron chi connectivity index (χ0n) is 11.4. The minimum atomic E-state index is 0.185. The van der Waals surface area contributed by atoms with Gasteiger partial charge < -0.3 is 9.52 Å². The van der Waals surface area contributed by atoms with Gasteiger partial charge in [-0.1, -0.05) is 13.0 Å². The van der Waals surface area contributed by atoms with Crippen molar-refractivity contribution in [3.8, 4) is 5.75 Å². The summed E-state index contributed by atoms with van der Waals surface area (Å²) in [5.74, 6) is 2.36. The molecule has 0 aliphatic carbocycles. The monoisotopic (exact) mass is 287 g/mol. The first-order valence-corrected chi connectivity index (χ1v) is 7.96. The highest BCUT2D eigenvalue weighted by Gasteiger charge is 2.12. The molecule has 3 nitrogen and oxygen atoms in total. The summed E-state index contributed by atoms with van der Waals surface area (Å²) in [6.45, 7) is 1.98. The first kappa shape index (κ1) is 13.3. The van der Waals surface area contributed by atoms with Gasteiger partial charge >= 0.3 is 0 Å². The van der Waals surface area contributed by atoms with Gasteiger partial charge in [-0.2, -0.15) is 11.8 Å². The predicted octanol–water partition coefficient (Wildman–Crippen LogP) is 3.70. The van der Waals surface area contributed by atoms with Crippen molar-refractivity contribution in [3.05, 3.63) is 41.0 Å². The van der Waals surface area contributed by atoms with E-state index in [0.29, 0.717) is 11.0 Å². The summed E-state index contributed by atoms with van der Waals surface area (Å²) in [7, 11) is 0. The van der Waals surface area contributed by atoms with Gasteiger partial charge in [0.1, 0.15) is 11.3 Å². The van der Waals surface area contributed by atoms with E-state index in [1.54, 1.807) is 0 Å². The average Bonchev–Trinajstić information content (AvgIpc) is 2.47. The summed E-state index contributed by atoms with van der Waals surface area (Å²) >= 11 is 1.92. The van der Waals surface area contributed by atoms with Crippen LogP contribution in [0.3, 0.4) is 0 Å². The number of nitrogens with one attached hydrogen (secondary N) is 1. The first-order valence-electron chi connectivity index (χ1n) is 6.80. The molecule has 1 aromatic heterocycles. The Morgan fingerprint density at radius 1 is 1.35 bits per heavy atom. The van der Waals surface area contributed by atoms with Gasteiger partial charge in [0.2, 0.25) is 5.55 Å². The average molecular weight is 287 g/mol. The number of phenolic OH excluding ortho intramolecular Hbond substituents is 1. The lowest BCUT2D eigenvalue weighted by atomic mass is 10.0. The van der Waals surface area contributed by atoms with E-state index in [0.717, 1.165) is 35.5 Å². The van der Waals surface area contributed by atoms with Crippen molar-refractivity contribution in [3.63, 3.8) is 0 Å². The number of phenols is 1. The third kappa shape index (κ3) is 2.36. The number of thioether (sulfide) groups is 1. The second-order valence-corrected chi connectivity index (χ2v) is 6.07. The lowest BCUT2D eigenvalue weighted by Gasteiger charge is -2.14. The van der Waals surface area contributed by atoms with Crippen molar-refractivity contribution < 1.29 is 9.52 Å². The van der Waals surface area contributed by atoms with Crippen LogP contribution >= 0.6 is 11.8 Å². The largest absolute Gasteiger partial charge is 0.507 e. The number of benzene rings is 1. The topological polar surface area (TPSA) is 57.2 Å². The Morgan fingerprint density at radius 2 is 2.20 bits per heavy atom. The third-order valence-corrected chi connectivity index (χ3v) is 4.55. The van der Waals surface area contributed by atoms with E-state index >= 15 is 0 Å². The standard InChI is InChI=1S/C16H17NO2S/c1-2-10-7-13-14(18)8-12(9-15(13)19-16(10)17)11-3-5-20-6-4-11/h3,7-9,17-18H,2,4-6H2,1H3. The Kier molecular flexibility index (Phi) is 3.57. The van der Waals surface area contributed by atoms with Crippen LogP contribution in [0.15, 0.2) is 28.7 Å². The molecule has 2 N–H and O–H groups in total. The molecule has 104 valence electrons. The van der Waals surface area contributed by atoms with Gasteiger partial charge in [-0.25, -0.2) is 0 Å². The second-order valence-electron chi connectivity index (χ2n) is 4.92. The number of aromatic hydroxyl groups is 1. The molecule has 3 rings (SSSR count). The van der Waals surface area contributed by atoms with Crippen LogP contribution in [0.1, 0.15) is 24.5 Å². The van der Waals surface area contributed by atoms with Crippen molar-refractivity contribution in [2.24, 2.45) is 0 Å². The fraction of sp³-hybridized carbons (Fsp3) is 0.312. The highest BCUT2D eigenvalue weighted by molar-refractivity contribution is 7.99. The highest BCUT2D eigenvalue weighted by atomic mass is 32.2. The van der Waals surface area contributed by atoms with Crippen LogP contribution in [0, 0.1) is 5.41 Å². The maximum Gasteiger partial charge on any atom is 0.215 e. The Bertz CT molecular complexity index is 746. The van der Waals surface area contributed by atoms with Crippen LogP contribution in [-0.2, 0) is 6.42 Å². The summed E-state index contributed by atoms with van der Waals surface area (Å²) in [6, 6.07) is 5.60. The number of hydrogen-bond acceptors (Lipinski definition) is 4. The maximum absolute atomic E-state index is 10.2. The maximum atomic E-state index is 10.2. The van der Waals surface area contributed by atoms with E-state index in [4.69, 9.17) is 9.83 Å². The van der Waals surface area contributed by atoms with E-state index in [-0.39, 0.29) is 11.3 Å². The van der Waals surface area contributed by atoms with Crippen LogP contribution in [-0.4, -0.2) is 16.6 Å². The molecule has 1 aliphatic heterocycles. The molecule has 2 aromatic rings. The first-order chi connectivity index (χ1) is 9.69. The molecule has 1 aromatic carbocycles. The van der Waals surface area contributed by atoms with Crippen LogP contribution < -0.4 is 5.55 Å². The summed E-state index contributed by atoms with van der Waals surface area (Å²) in [4.78, 5) is 0. The van der Waals surface area contributed by atoms with Gasteiger partial charge in [0.05, 0.1) is 5.39 Å². The lowest BCUT2D eigenvalue weighted by molar-refractivity contribution is 0.476. The smallest absolute Gasteiger partial charge is 0.215 e. The second kappa shape index (κ2) is 5.37. The zero-order chi connectivity index (χ0) is 14.1. The van der Waals surface area contributed by atoms with Crippen molar-refractivity contribution in [1.29, 1.82) is 5.41 Å². The Labute approximate surface area is 121 Å². The molecule has 0 spiro atoms. The molecule has 2 heterocycles. The van der Waals surface area contributed by atoms with Gasteiger partial charge in [-0.15, -0.1) is 0 Å². The van der Waals surface area contributed by atoms with Gasteiger partial charge in [-0.05, 0) is 47.9 Å². The van der Waals surface area contributed by atoms with E-state index in [1.165, 1.54) is 5.57 Å². The number of rotatable bonds is 2. The van der Waals surface area contributed by atoms with E-state index in [2.05, 4.69) is 6.08 Å². The van der Waals surface area contributed by atoms with Crippen molar-refractivity contribution in [2.45, 2.75) is 19.8 Å². The Balaban J connectivity index is 2.18. The fourth-order valence-electron chi connectivity index (χ4n) is 2.49. The molecule has 0 amide bonds. The molecule has 4 heteroatoms. The van der Waals surface area contributed by atoms with Crippen molar-refractivity contribution in [2.75, 3.05) is 11.5 Å². The van der Waals surface area contributed by atoms with E-state index < -0.39 is 0 Å². The molecule has 0 fully saturated rings. The summed E-state index contributed by atoms with van der Waals surface area (Å²) < 4.78 is 5.57.